The molecule has 4 heteroatoms. The van der Waals surface area contributed by atoms with Gasteiger partial charge in [-0.15, -0.1) is 0 Å². The molecule has 2 aromatic carbocycles. The molecule has 0 spiro atoms. The normalized spacial score (nSPS) is 12.7. The van der Waals surface area contributed by atoms with E-state index in [1.807, 2.05) is 0 Å². The molecule has 0 bridgehead atoms. The zero-order valence-electron chi connectivity index (χ0n) is 27.2. The Morgan fingerprint density at radius 3 is 1.52 bits per heavy atom. The highest BCUT2D eigenvalue weighted by atomic mass is 35.5. The van der Waals surface area contributed by atoms with Crippen LogP contribution in [0.2, 0.25) is 0 Å². The van der Waals surface area contributed by atoms with E-state index in [0.717, 1.165) is 8.97 Å². The number of benzene rings is 2. The van der Waals surface area contributed by atoms with Crippen molar-refractivity contribution in [2.24, 2.45) is 0 Å². The van der Waals surface area contributed by atoms with Gasteiger partial charge < -0.3 is 33.8 Å². The number of halogens is 2. The molecular formula is C36H64Cl2N2. The summed E-state index contributed by atoms with van der Waals surface area (Å²) in [6.07, 6.45) is 24.0. The topological polar surface area (TPSA) is 0 Å². The highest BCUT2D eigenvalue weighted by Gasteiger charge is 2.31. The van der Waals surface area contributed by atoms with Crippen molar-refractivity contribution >= 4 is 10.8 Å². The van der Waals surface area contributed by atoms with E-state index < -0.39 is 0 Å². The van der Waals surface area contributed by atoms with Gasteiger partial charge in [0.05, 0.1) is 48.3 Å². The van der Waals surface area contributed by atoms with Gasteiger partial charge in [0, 0.05) is 18.4 Å². The number of fused-ring (bicyclic) bond motifs is 1. The average molecular weight is 596 g/mol. The van der Waals surface area contributed by atoms with Crippen molar-refractivity contribution in [3.8, 4) is 0 Å². The molecule has 0 saturated heterocycles. The van der Waals surface area contributed by atoms with E-state index in [0.29, 0.717) is 6.04 Å². The molecule has 2 rings (SSSR count). The summed E-state index contributed by atoms with van der Waals surface area (Å²) in [5, 5.41) is 2.84. The van der Waals surface area contributed by atoms with Gasteiger partial charge in [0.1, 0.15) is 6.04 Å². The first-order valence-electron chi connectivity index (χ1n) is 16.4. The summed E-state index contributed by atoms with van der Waals surface area (Å²) in [5.41, 5.74) is 1.56. The van der Waals surface area contributed by atoms with Crippen molar-refractivity contribution < 1.29 is 33.8 Å². The first kappa shape index (κ1) is 39.2. The fourth-order valence-electron chi connectivity index (χ4n) is 6.24. The summed E-state index contributed by atoms with van der Waals surface area (Å²) >= 11 is 0. The number of unbranched alkanes of at least 4 members (excludes halogenated alkanes) is 14. The van der Waals surface area contributed by atoms with Crippen LogP contribution >= 0.6 is 0 Å². The molecule has 0 heterocycles. The van der Waals surface area contributed by atoms with Gasteiger partial charge in [-0.2, -0.15) is 0 Å². The van der Waals surface area contributed by atoms with Crippen LogP contribution in [-0.4, -0.2) is 57.3 Å². The average Bonchev–Trinajstić information content (AvgIpc) is 2.87. The number of hydrogen-bond acceptors (Lipinski definition) is 0. The first-order valence-corrected chi connectivity index (χ1v) is 16.4. The van der Waals surface area contributed by atoms with Crippen LogP contribution in [0, 0.1) is 0 Å². The molecule has 0 aliphatic rings. The molecule has 0 amide bonds. The standard InChI is InChI=1S/C36H64N2.2ClH/c1-7-8-9-10-11-12-13-14-15-16-17-18-19-20-21-30-36(38(5,6)32-25-31-37(2,3)4)35-29-24-27-33-26-22-23-28-34(33)35;;/h22-24,26-29,36H,7-21,25,30-32H2,1-6H3;2*1H/q+2;;/p-2. The van der Waals surface area contributed by atoms with Crippen molar-refractivity contribution in [3.63, 3.8) is 0 Å². The second kappa shape index (κ2) is 21.8. The van der Waals surface area contributed by atoms with E-state index in [1.54, 1.807) is 5.56 Å². The van der Waals surface area contributed by atoms with Gasteiger partial charge in [0.2, 0.25) is 0 Å². The van der Waals surface area contributed by atoms with Crippen molar-refractivity contribution in [2.75, 3.05) is 48.3 Å². The van der Waals surface area contributed by atoms with Crippen LogP contribution in [0.4, 0.5) is 0 Å². The minimum Gasteiger partial charge on any atom is -1.00 e. The predicted molar refractivity (Wildman–Crippen MR) is 171 cm³/mol. The maximum Gasteiger partial charge on any atom is 0.115 e. The molecule has 1 atom stereocenters. The Kier molecular flexibility index (Phi) is 21.4. The lowest BCUT2D eigenvalue weighted by molar-refractivity contribution is -0.927. The highest BCUT2D eigenvalue weighted by molar-refractivity contribution is 5.85. The first-order chi connectivity index (χ1) is 18.2. The molecule has 0 radical (unpaired) electrons. The Bertz CT molecular complexity index is 869. The van der Waals surface area contributed by atoms with Crippen LogP contribution in [0.1, 0.15) is 128 Å². The van der Waals surface area contributed by atoms with Gasteiger partial charge in [-0.25, -0.2) is 0 Å². The third kappa shape index (κ3) is 16.0. The van der Waals surface area contributed by atoms with Gasteiger partial charge in [0.15, 0.2) is 0 Å². The zero-order valence-corrected chi connectivity index (χ0v) is 28.7. The molecule has 0 N–H and O–H groups in total. The van der Waals surface area contributed by atoms with Gasteiger partial charge in [-0.1, -0.05) is 139 Å². The van der Waals surface area contributed by atoms with Crippen LogP contribution in [0.25, 0.3) is 10.8 Å². The molecule has 2 aromatic rings. The number of quaternary nitrogens is 2. The molecule has 2 nitrogen and oxygen atoms in total. The molecule has 0 aliphatic carbocycles. The third-order valence-corrected chi connectivity index (χ3v) is 8.67. The second-order valence-electron chi connectivity index (χ2n) is 13.7. The molecular weight excluding hydrogens is 531 g/mol. The quantitative estimate of drug-likeness (QED) is 0.141. The molecule has 1 unspecified atom stereocenters. The lowest BCUT2D eigenvalue weighted by Crippen LogP contribution is -3.00. The third-order valence-electron chi connectivity index (χ3n) is 8.67. The van der Waals surface area contributed by atoms with Crippen LogP contribution < -0.4 is 24.8 Å². The van der Waals surface area contributed by atoms with E-state index in [1.165, 1.54) is 133 Å². The Morgan fingerprint density at radius 2 is 1.00 bits per heavy atom. The van der Waals surface area contributed by atoms with Crippen LogP contribution in [0.5, 0.6) is 0 Å². The van der Waals surface area contributed by atoms with Gasteiger partial charge >= 0.3 is 0 Å². The number of rotatable bonds is 22. The summed E-state index contributed by atoms with van der Waals surface area (Å²) in [7, 11) is 11.9. The fraction of sp³-hybridized carbons (Fsp3) is 0.722. The summed E-state index contributed by atoms with van der Waals surface area (Å²) < 4.78 is 2.14. The van der Waals surface area contributed by atoms with Crippen molar-refractivity contribution in [2.45, 2.75) is 122 Å². The monoisotopic (exact) mass is 594 g/mol. The molecule has 0 saturated carbocycles. The Balaban J connectivity index is 0.00000760. The van der Waals surface area contributed by atoms with Crippen molar-refractivity contribution in [3.05, 3.63) is 48.0 Å². The highest BCUT2D eigenvalue weighted by Crippen LogP contribution is 2.35. The fourth-order valence-corrected chi connectivity index (χ4v) is 6.24. The van der Waals surface area contributed by atoms with Crippen molar-refractivity contribution in [1.82, 2.24) is 0 Å². The Labute approximate surface area is 262 Å². The van der Waals surface area contributed by atoms with E-state index in [4.69, 9.17) is 0 Å². The van der Waals surface area contributed by atoms with E-state index in [9.17, 15) is 0 Å². The number of nitrogens with zero attached hydrogens (tertiary/aromatic N) is 2. The van der Waals surface area contributed by atoms with E-state index in [2.05, 4.69) is 84.6 Å². The maximum atomic E-state index is 2.48. The molecule has 0 aromatic heterocycles. The SMILES string of the molecule is CCCCCCCCCCCCCCCCCC(c1cccc2ccccc12)[N+](C)(C)CCC[N+](C)(C)C.[Cl-].[Cl-]. The van der Waals surface area contributed by atoms with Crippen molar-refractivity contribution in [1.29, 1.82) is 0 Å². The van der Waals surface area contributed by atoms with Gasteiger partial charge in [0.25, 0.3) is 0 Å². The molecule has 232 valence electrons. The van der Waals surface area contributed by atoms with Crippen LogP contribution in [0.15, 0.2) is 42.5 Å². The largest absolute Gasteiger partial charge is 1.00 e. The zero-order chi connectivity index (χ0) is 27.7. The summed E-state index contributed by atoms with van der Waals surface area (Å²) in [6, 6.07) is 16.6. The lowest BCUT2D eigenvalue weighted by atomic mass is 9.92. The molecule has 0 fully saturated rings. The molecule has 40 heavy (non-hydrogen) atoms. The van der Waals surface area contributed by atoms with E-state index in [-0.39, 0.29) is 24.8 Å². The predicted octanol–water partition coefficient (Wildman–Crippen LogP) is 4.32. The Hall–Kier alpha value is -0.800. The minimum absolute atomic E-state index is 0. The van der Waals surface area contributed by atoms with Crippen LogP contribution in [0.3, 0.4) is 0 Å². The lowest BCUT2D eigenvalue weighted by Gasteiger charge is -2.40. The van der Waals surface area contributed by atoms with Crippen LogP contribution in [-0.2, 0) is 0 Å². The summed E-state index contributed by atoms with van der Waals surface area (Å²) in [6.45, 7) is 4.78. The summed E-state index contributed by atoms with van der Waals surface area (Å²) in [4.78, 5) is 0. The second-order valence-corrected chi connectivity index (χ2v) is 13.7. The smallest absolute Gasteiger partial charge is 0.115 e. The number of hydrogen-bond donors (Lipinski definition) is 0. The van der Waals surface area contributed by atoms with Gasteiger partial charge in [-0.3, -0.25) is 0 Å². The minimum atomic E-state index is 0. The Morgan fingerprint density at radius 1 is 0.525 bits per heavy atom. The van der Waals surface area contributed by atoms with E-state index >= 15 is 0 Å². The van der Waals surface area contributed by atoms with Gasteiger partial charge in [-0.05, 0) is 17.2 Å². The molecule has 0 aliphatic heterocycles. The summed E-state index contributed by atoms with van der Waals surface area (Å²) in [5.74, 6) is 0. The maximum absolute atomic E-state index is 2.48.